The average molecular weight is 296 g/mol. The number of nitrogens with two attached hydrogens (primary N) is 1. The Bertz CT molecular complexity index is 879. The van der Waals surface area contributed by atoms with E-state index in [0.717, 1.165) is 15.8 Å². The summed E-state index contributed by atoms with van der Waals surface area (Å²) in [5.41, 5.74) is 7.68. The average Bonchev–Trinajstić information content (AvgIpc) is 2.77. The third-order valence-electron chi connectivity index (χ3n) is 3.26. The summed E-state index contributed by atoms with van der Waals surface area (Å²) in [6, 6.07) is 7.03. The molecule has 3 aromatic rings. The first kappa shape index (κ1) is 13.3. The van der Waals surface area contributed by atoms with Crippen LogP contribution >= 0.6 is 11.3 Å². The first-order valence-electron chi connectivity index (χ1n) is 6.28. The van der Waals surface area contributed by atoms with Crippen molar-refractivity contribution in [1.29, 1.82) is 5.26 Å². The first-order valence-corrected chi connectivity index (χ1v) is 7.10. The highest BCUT2D eigenvalue weighted by molar-refractivity contribution is 7.18. The number of nitrogens with zero attached hydrogens (tertiary/aromatic N) is 3. The van der Waals surface area contributed by atoms with Crippen LogP contribution in [0.5, 0.6) is 11.6 Å². The fourth-order valence-corrected chi connectivity index (χ4v) is 3.04. The molecule has 0 fully saturated rings. The molecule has 2 heterocycles. The molecule has 0 aliphatic rings. The molecule has 5 nitrogen and oxygen atoms in total. The van der Waals surface area contributed by atoms with E-state index in [0.29, 0.717) is 22.9 Å². The molecule has 2 aromatic heterocycles. The van der Waals surface area contributed by atoms with Crippen molar-refractivity contribution in [3.05, 3.63) is 40.5 Å². The Morgan fingerprint density at radius 2 is 2.10 bits per heavy atom. The fraction of sp³-hybridized carbons (Fsp3) is 0.133. The maximum Gasteiger partial charge on any atom is 0.231 e. The van der Waals surface area contributed by atoms with E-state index in [4.69, 9.17) is 10.5 Å². The monoisotopic (exact) mass is 296 g/mol. The zero-order chi connectivity index (χ0) is 15.0. The molecule has 104 valence electrons. The number of ether oxygens (including phenoxy) is 1. The second-order valence-electron chi connectivity index (χ2n) is 4.61. The highest BCUT2D eigenvalue weighted by Crippen LogP contribution is 2.36. The molecule has 0 spiro atoms. The third-order valence-corrected chi connectivity index (χ3v) is 4.38. The van der Waals surface area contributed by atoms with Gasteiger partial charge in [-0.25, -0.2) is 9.97 Å². The topological polar surface area (TPSA) is 84.8 Å². The van der Waals surface area contributed by atoms with E-state index in [1.165, 1.54) is 11.2 Å². The number of hydrogen-bond acceptors (Lipinski definition) is 6. The van der Waals surface area contributed by atoms with Crippen LogP contribution in [0, 0.1) is 25.2 Å². The molecule has 0 saturated heterocycles. The second kappa shape index (κ2) is 5.04. The first-order chi connectivity index (χ1) is 10.1. The van der Waals surface area contributed by atoms with Crippen LogP contribution < -0.4 is 10.5 Å². The summed E-state index contributed by atoms with van der Waals surface area (Å²) in [6.45, 7) is 4.05. The molecule has 6 heteroatoms. The summed E-state index contributed by atoms with van der Waals surface area (Å²) >= 11 is 1.60. The Labute approximate surface area is 125 Å². The number of thiophene rings is 1. The number of nitriles is 1. The lowest BCUT2D eigenvalue weighted by molar-refractivity contribution is 0.467. The van der Waals surface area contributed by atoms with Gasteiger partial charge >= 0.3 is 0 Å². The van der Waals surface area contributed by atoms with Gasteiger partial charge < -0.3 is 10.5 Å². The Kier molecular flexibility index (Phi) is 3.20. The summed E-state index contributed by atoms with van der Waals surface area (Å²) in [6.07, 6.45) is 1.47. The van der Waals surface area contributed by atoms with Gasteiger partial charge in [0.05, 0.1) is 10.9 Å². The Morgan fingerprint density at radius 1 is 1.29 bits per heavy atom. The van der Waals surface area contributed by atoms with Crippen molar-refractivity contribution >= 4 is 27.2 Å². The minimum Gasteiger partial charge on any atom is -0.437 e. The molecule has 1 aromatic carbocycles. The van der Waals surface area contributed by atoms with E-state index in [2.05, 4.69) is 16.0 Å². The molecule has 0 atom stereocenters. The number of rotatable bonds is 2. The molecule has 0 aliphatic carbocycles. The Hall–Kier alpha value is -2.65. The van der Waals surface area contributed by atoms with E-state index in [1.54, 1.807) is 29.5 Å². The van der Waals surface area contributed by atoms with Gasteiger partial charge in [-0.3, -0.25) is 0 Å². The minimum absolute atomic E-state index is 0.381. The van der Waals surface area contributed by atoms with Crippen LogP contribution in [0.1, 0.15) is 16.0 Å². The van der Waals surface area contributed by atoms with Crippen molar-refractivity contribution in [2.75, 3.05) is 5.73 Å². The summed E-state index contributed by atoms with van der Waals surface area (Å²) in [5, 5.41) is 10.1. The van der Waals surface area contributed by atoms with Crippen LogP contribution in [-0.2, 0) is 0 Å². The second-order valence-corrected chi connectivity index (χ2v) is 5.81. The lowest BCUT2D eigenvalue weighted by atomic mass is 10.2. The zero-order valence-corrected chi connectivity index (χ0v) is 12.4. The summed E-state index contributed by atoms with van der Waals surface area (Å²) in [7, 11) is 0. The molecule has 0 radical (unpaired) electrons. The van der Waals surface area contributed by atoms with Gasteiger partial charge in [-0.1, -0.05) is 0 Å². The van der Waals surface area contributed by atoms with Crippen molar-refractivity contribution in [3.8, 4) is 17.7 Å². The standard InChI is InChI=1S/C15H12N4OS/c1-8-9(2)21-15-13(8)14(18-7-19-15)20-12-4-3-11(17)5-10(12)6-16/h3-5,7H,17H2,1-2H3. The number of aryl methyl sites for hydroxylation is 2. The van der Waals surface area contributed by atoms with E-state index in [1.807, 2.05) is 13.8 Å². The molecule has 0 saturated carbocycles. The SMILES string of the molecule is Cc1sc2ncnc(Oc3ccc(N)cc3C#N)c2c1C. The highest BCUT2D eigenvalue weighted by atomic mass is 32.1. The van der Waals surface area contributed by atoms with E-state index in [-0.39, 0.29) is 0 Å². The molecule has 0 amide bonds. The maximum atomic E-state index is 9.18. The van der Waals surface area contributed by atoms with Crippen LogP contribution in [-0.4, -0.2) is 9.97 Å². The molecular weight excluding hydrogens is 284 g/mol. The van der Waals surface area contributed by atoms with Crippen LogP contribution in [0.3, 0.4) is 0 Å². The summed E-state index contributed by atoms with van der Waals surface area (Å²) in [5.74, 6) is 0.901. The van der Waals surface area contributed by atoms with Gasteiger partial charge in [0.2, 0.25) is 5.88 Å². The van der Waals surface area contributed by atoms with Crippen LogP contribution in [0.15, 0.2) is 24.5 Å². The predicted octanol–water partition coefficient (Wildman–Crippen LogP) is 3.55. The predicted molar refractivity (Wildman–Crippen MR) is 82.5 cm³/mol. The number of hydrogen-bond donors (Lipinski definition) is 1. The normalized spacial score (nSPS) is 10.5. The highest BCUT2D eigenvalue weighted by Gasteiger charge is 2.15. The molecule has 0 aliphatic heterocycles. The molecule has 0 bridgehead atoms. The van der Waals surface area contributed by atoms with Gasteiger partial charge in [-0.05, 0) is 37.6 Å². The number of anilines is 1. The van der Waals surface area contributed by atoms with Gasteiger partial charge in [-0.2, -0.15) is 5.26 Å². The van der Waals surface area contributed by atoms with Gasteiger partial charge in [-0.15, -0.1) is 11.3 Å². The lowest BCUT2D eigenvalue weighted by Crippen LogP contribution is -1.94. The largest absolute Gasteiger partial charge is 0.437 e. The van der Waals surface area contributed by atoms with Crippen molar-refractivity contribution in [3.63, 3.8) is 0 Å². The van der Waals surface area contributed by atoms with Crippen molar-refractivity contribution < 1.29 is 4.74 Å². The molecule has 0 unspecified atom stereocenters. The number of fused-ring (bicyclic) bond motifs is 1. The lowest BCUT2D eigenvalue weighted by Gasteiger charge is -2.08. The number of nitrogen functional groups attached to an aromatic ring is 1. The number of benzene rings is 1. The molecule has 3 rings (SSSR count). The zero-order valence-electron chi connectivity index (χ0n) is 11.5. The molecule has 2 N–H and O–H groups in total. The quantitative estimate of drug-likeness (QED) is 0.731. The van der Waals surface area contributed by atoms with Gasteiger partial charge in [0.15, 0.2) is 0 Å². The van der Waals surface area contributed by atoms with Gasteiger partial charge in [0, 0.05) is 10.6 Å². The van der Waals surface area contributed by atoms with Crippen molar-refractivity contribution in [2.45, 2.75) is 13.8 Å². The van der Waals surface area contributed by atoms with Crippen molar-refractivity contribution in [2.24, 2.45) is 0 Å². The van der Waals surface area contributed by atoms with E-state index >= 15 is 0 Å². The van der Waals surface area contributed by atoms with Crippen molar-refractivity contribution in [1.82, 2.24) is 9.97 Å². The van der Waals surface area contributed by atoms with Gasteiger partial charge in [0.1, 0.15) is 23.0 Å². The van der Waals surface area contributed by atoms with Crippen LogP contribution in [0.4, 0.5) is 5.69 Å². The third kappa shape index (κ3) is 2.28. The summed E-state index contributed by atoms with van der Waals surface area (Å²) < 4.78 is 5.84. The van der Waals surface area contributed by atoms with Crippen LogP contribution in [0.25, 0.3) is 10.2 Å². The van der Waals surface area contributed by atoms with Gasteiger partial charge in [0.25, 0.3) is 0 Å². The Balaban J connectivity index is 2.13. The fourth-order valence-electron chi connectivity index (χ4n) is 2.06. The van der Waals surface area contributed by atoms with E-state index in [9.17, 15) is 5.26 Å². The smallest absolute Gasteiger partial charge is 0.231 e. The molecular formula is C15H12N4OS. The minimum atomic E-state index is 0.381. The van der Waals surface area contributed by atoms with Crippen LogP contribution in [0.2, 0.25) is 0 Å². The van der Waals surface area contributed by atoms with E-state index < -0.39 is 0 Å². The molecule has 21 heavy (non-hydrogen) atoms. The number of aromatic nitrogens is 2. The maximum absolute atomic E-state index is 9.18. The Morgan fingerprint density at radius 3 is 2.86 bits per heavy atom. The summed E-state index contributed by atoms with van der Waals surface area (Å²) in [4.78, 5) is 10.5.